The van der Waals surface area contributed by atoms with E-state index in [2.05, 4.69) is 15.5 Å². The predicted molar refractivity (Wildman–Crippen MR) is 50.5 cm³/mol. The van der Waals surface area contributed by atoms with Gasteiger partial charge in [0.15, 0.2) is 0 Å². The van der Waals surface area contributed by atoms with Crippen LogP contribution in [0.4, 0.5) is 0 Å². The van der Waals surface area contributed by atoms with E-state index in [0.29, 0.717) is 5.69 Å². The van der Waals surface area contributed by atoms with E-state index in [-0.39, 0.29) is 11.9 Å². The quantitative estimate of drug-likeness (QED) is 0.737. The molecular weight excluding hydrogens is 166 g/mol. The third kappa shape index (κ3) is 2.57. The molecule has 0 radical (unpaired) electrons. The molecular formula is C9H15N3O. The Morgan fingerprint density at radius 3 is 2.92 bits per heavy atom. The number of aryl methyl sites for hydroxylation is 1. The summed E-state index contributed by atoms with van der Waals surface area (Å²) in [5.41, 5.74) is 1.35. The molecule has 4 nitrogen and oxygen atoms in total. The summed E-state index contributed by atoms with van der Waals surface area (Å²) < 4.78 is 0. The highest BCUT2D eigenvalue weighted by atomic mass is 16.2. The van der Waals surface area contributed by atoms with Crippen molar-refractivity contribution in [2.24, 2.45) is 0 Å². The van der Waals surface area contributed by atoms with Gasteiger partial charge in [-0.05, 0) is 26.3 Å². The number of amides is 1. The third-order valence-corrected chi connectivity index (χ3v) is 1.93. The first-order valence-corrected chi connectivity index (χ1v) is 4.46. The van der Waals surface area contributed by atoms with Gasteiger partial charge in [0.25, 0.3) is 5.91 Å². The van der Waals surface area contributed by atoms with Crippen LogP contribution in [0.2, 0.25) is 0 Å². The second-order valence-electron chi connectivity index (χ2n) is 3.22. The Kier molecular flexibility index (Phi) is 3.06. The first kappa shape index (κ1) is 9.77. The van der Waals surface area contributed by atoms with E-state index >= 15 is 0 Å². The topological polar surface area (TPSA) is 57.8 Å². The Labute approximate surface area is 77.7 Å². The SMILES string of the molecule is CCC(C)NC(=O)c1cc(C)[nH]n1. The van der Waals surface area contributed by atoms with Gasteiger partial charge in [0.05, 0.1) is 0 Å². The van der Waals surface area contributed by atoms with Crippen LogP contribution < -0.4 is 5.32 Å². The van der Waals surface area contributed by atoms with Crippen LogP contribution in [0.3, 0.4) is 0 Å². The van der Waals surface area contributed by atoms with E-state index in [1.165, 1.54) is 0 Å². The number of aromatic nitrogens is 2. The molecule has 1 aromatic heterocycles. The van der Waals surface area contributed by atoms with Gasteiger partial charge in [-0.15, -0.1) is 0 Å². The number of hydrogen-bond donors (Lipinski definition) is 2. The van der Waals surface area contributed by atoms with Crippen molar-refractivity contribution in [1.82, 2.24) is 15.5 Å². The van der Waals surface area contributed by atoms with Crippen molar-refractivity contribution in [1.29, 1.82) is 0 Å². The molecule has 1 aromatic rings. The molecule has 1 amide bonds. The molecule has 0 spiro atoms. The van der Waals surface area contributed by atoms with Crippen LogP contribution in [0.25, 0.3) is 0 Å². The van der Waals surface area contributed by atoms with Gasteiger partial charge >= 0.3 is 0 Å². The van der Waals surface area contributed by atoms with E-state index in [9.17, 15) is 4.79 Å². The van der Waals surface area contributed by atoms with Crippen molar-refractivity contribution in [2.75, 3.05) is 0 Å². The number of aromatic amines is 1. The lowest BCUT2D eigenvalue weighted by Crippen LogP contribution is -2.32. The van der Waals surface area contributed by atoms with Crippen LogP contribution in [0.5, 0.6) is 0 Å². The Morgan fingerprint density at radius 2 is 2.46 bits per heavy atom. The summed E-state index contributed by atoms with van der Waals surface area (Å²) in [7, 11) is 0. The summed E-state index contributed by atoms with van der Waals surface area (Å²) >= 11 is 0. The van der Waals surface area contributed by atoms with Crippen LogP contribution in [0, 0.1) is 6.92 Å². The molecule has 0 aromatic carbocycles. The van der Waals surface area contributed by atoms with Gasteiger partial charge < -0.3 is 5.32 Å². The standard InChI is InChI=1S/C9H15N3O/c1-4-6(2)10-9(13)8-5-7(3)11-12-8/h5-6H,4H2,1-3H3,(H,10,13)(H,11,12). The molecule has 72 valence electrons. The number of hydrogen-bond acceptors (Lipinski definition) is 2. The number of rotatable bonds is 3. The zero-order chi connectivity index (χ0) is 9.84. The zero-order valence-electron chi connectivity index (χ0n) is 8.22. The van der Waals surface area contributed by atoms with Gasteiger partial charge in [-0.1, -0.05) is 6.92 Å². The lowest BCUT2D eigenvalue weighted by molar-refractivity contribution is 0.0934. The summed E-state index contributed by atoms with van der Waals surface area (Å²) in [6.07, 6.45) is 0.926. The molecule has 1 atom stereocenters. The van der Waals surface area contributed by atoms with E-state index in [0.717, 1.165) is 12.1 Å². The number of carbonyl (C=O) groups excluding carboxylic acids is 1. The highest BCUT2D eigenvalue weighted by Gasteiger charge is 2.10. The molecule has 1 unspecified atom stereocenters. The van der Waals surface area contributed by atoms with E-state index < -0.39 is 0 Å². The molecule has 0 saturated heterocycles. The minimum Gasteiger partial charge on any atom is -0.348 e. The third-order valence-electron chi connectivity index (χ3n) is 1.93. The van der Waals surface area contributed by atoms with E-state index in [4.69, 9.17) is 0 Å². The van der Waals surface area contributed by atoms with Gasteiger partial charge in [-0.25, -0.2) is 0 Å². The fraction of sp³-hybridized carbons (Fsp3) is 0.556. The van der Waals surface area contributed by atoms with Gasteiger partial charge in [0.1, 0.15) is 5.69 Å². The average Bonchev–Trinajstić information content (AvgIpc) is 2.51. The molecule has 13 heavy (non-hydrogen) atoms. The van der Waals surface area contributed by atoms with Gasteiger partial charge in [0.2, 0.25) is 0 Å². The minimum atomic E-state index is -0.112. The number of H-pyrrole nitrogens is 1. The van der Waals surface area contributed by atoms with E-state index in [1.807, 2.05) is 20.8 Å². The minimum absolute atomic E-state index is 0.112. The predicted octanol–water partition coefficient (Wildman–Crippen LogP) is 1.25. The molecule has 1 heterocycles. The summed E-state index contributed by atoms with van der Waals surface area (Å²) in [6.45, 7) is 5.87. The van der Waals surface area contributed by atoms with Crippen LogP contribution >= 0.6 is 0 Å². The molecule has 0 aliphatic rings. The lowest BCUT2D eigenvalue weighted by Gasteiger charge is -2.08. The Hall–Kier alpha value is -1.32. The van der Waals surface area contributed by atoms with Crippen LogP contribution in [-0.4, -0.2) is 22.1 Å². The average molecular weight is 181 g/mol. The van der Waals surface area contributed by atoms with Crippen molar-refractivity contribution in [3.8, 4) is 0 Å². The molecule has 4 heteroatoms. The highest BCUT2D eigenvalue weighted by molar-refractivity contribution is 5.92. The van der Waals surface area contributed by atoms with Gasteiger partial charge in [-0.3, -0.25) is 9.89 Å². The Bertz CT molecular complexity index is 293. The summed E-state index contributed by atoms with van der Waals surface area (Å²) in [5, 5.41) is 9.43. The lowest BCUT2D eigenvalue weighted by atomic mass is 10.2. The van der Waals surface area contributed by atoms with E-state index in [1.54, 1.807) is 6.07 Å². The molecule has 0 fully saturated rings. The Morgan fingerprint density at radius 1 is 1.77 bits per heavy atom. The molecule has 0 saturated carbocycles. The van der Waals surface area contributed by atoms with Crippen LogP contribution in [0.1, 0.15) is 36.5 Å². The second-order valence-corrected chi connectivity index (χ2v) is 3.22. The van der Waals surface area contributed by atoms with Crippen LogP contribution in [0.15, 0.2) is 6.07 Å². The number of nitrogens with one attached hydrogen (secondary N) is 2. The summed E-state index contributed by atoms with van der Waals surface area (Å²) in [4.78, 5) is 11.4. The summed E-state index contributed by atoms with van der Waals surface area (Å²) in [6, 6.07) is 1.93. The maximum atomic E-state index is 11.4. The summed E-state index contributed by atoms with van der Waals surface area (Å²) in [5.74, 6) is -0.112. The van der Waals surface area contributed by atoms with Crippen molar-refractivity contribution >= 4 is 5.91 Å². The smallest absolute Gasteiger partial charge is 0.271 e. The van der Waals surface area contributed by atoms with Gasteiger partial charge in [0, 0.05) is 11.7 Å². The maximum absolute atomic E-state index is 11.4. The fourth-order valence-corrected chi connectivity index (χ4v) is 0.934. The normalized spacial score (nSPS) is 12.5. The van der Waals surface area contributed by atoms with Crippen molar-refractivity contribution in [3.63, 3.8) is 0 Å². The second kappa shape index (κ2) is 4.07. The maximum Gasteiger partial charge on any atom is 0.271 e. The van der Waals surface area contributed by atoms with Crippen LogP contribution in [-0.2, 0) is 0 Å². The first-order chi connectivity index (χ1) is 6.13. The number of nitrogens with zero attached hydrogens (tertiary/aromatic N) is 1. The molecule has 0 aliphatic carbocycles. The molecule has 0 aliphatic heterocycles. The van der Waals surface area contributed by atoms with Crippen molar-refractivity contribution < 1.29 is 4.79 Å². The zero-order valence-corrected chi connectivity index (χ0v) is 8.22. The largest absolute Gasteiger partial charge is 0.348 e. The van der Waals surface area contributed by atoms with Crippen molar-refractivity contribution in [2.45, 2.75) is 33.2 Å². The highest BCUT2D eigenvalue weighted by Crippen LogP contribution is 1.98. The molecule has 0 bridgehead atoms. The Balaban J connectivity index is 2.58. The molecule has 1 rings (SSSR count). The monoisotopic (exact) mass is 181 g/mol. The first-order valence-electron chi connectivity index (χ1n) is 4.46. The van der Waals surface area contributed by atoms with Crippen molar-refractivity contribution in [3.05, 3.63) is 17.5 Å². The molecule has 2 N–H and O–H groups in total. The number of carbonyl (C=O) groups is 1. The fourth-order valence-electron chi connectivity index (χ4n) is 0.934. The van der Waals surface area contributed by atoms with Gasteiger partial charge in [-0.2, -0.15) is 5.10 Å².